The minimum absolute atomic E-state index is 0.111. The van der Waals surface area contributed by atoms with E-state index in [0.717, 1.165) is 36.1 Å². The van der Waals surface area contributed by atoms with Gasteiger partial charge in [-0.1, -0.05) is 25.3 Å². The number of imide groups is 2. The summed E-state index contributed by atoms with van der Waals surface area (Å²) in [7, 11) is 0. The third-order valence-corrected chi connectivity index (χ3v) is 6.16. The van der Waals surface area contributed by atoms with E-state index >= 15 is 0 Å². The van der Waals surface area contributed by atoms with Crippen molar-refractivity contribution in [3.8, 4) is 0 Å². The molecule has 4 amide bonds. The molecule has 1 atom stereocenters. The number of piperidine rings is 1. The van der Waals surface area contributed by atoms with Gasteiger partial charge in [0.25, 0.3) is 11.8 Å². The predicted octanol–water partition coefficient (Wildman–Crippen LogP) is 0.839. The van der Waals surface area contributed by atoms with Crippen LogP contribution in [-0.2, 0) is 16.1 Å². The molecule has 2 aliphatic heterocycles. The van der Waals surface area contributed by atoms with E-state index < -0.39 is 23.8 Å². The highest BCUT2D eigenvalue weighted by molar-refractivity contribution is 6.23. The zero-order valence-electron chi connectivity index (χ0n) is 16.3. The lowest BCUT2D eigenvalue weighted by atomic mass is 9.82. The second-order valence-electron chi connectivity index (χ2n) is 8.35. The molecular formula is C21H26N4O4. The highest BCUT2D eigenvalue weighted by Gasteiger charge is 2.44. The zero-order chi connectivity index (χ0) is 20.6. The van der Waals surface area contributed by atoms with Crippen LogP contribution < -0.4 is 16.4 Å². The summed E-state index contributed by atoms with van der Waals surface area (Å²) < 4.78 is 0. The Morgan fingerprint density at radius 1 is 1.07 bits per heavy atom. The van der Waals surface area contributed by atoms with Crippen molar-refractivity contribution >= 4 is 23.6 Å². The molecule has 1 aromatic carbocycles. The topological polar surface area (TPSA) is 122 Å². The summed E-state index contributed by atoms with van der Waals surface area (Å²) in [5, 5.41) is 5.58. The summed E-state index contributed by atoms with van der Waals surface area (Å²) in [5.74, 6) is -1.95. The molecule has 29 heavy (non-hydrogen) atoms. The van der Waals surface area contributed by atoms with E-state index in [1.54, 1.807) is 12.1 Å². The van der Waals surface area contributed by atoms with Gasteiger partial charge in [0.2, 0.25) is 11.8 Å². The van der Waals surface area contributed by atoms with Crippen LogP contribution in [0.4, 0.5) is 0 Å². The summed E-state index contributed by atoms with van der Waals surface area (Å²) >= 11 is 0. The van der Waals surface area contributed by atoms with Crippen LogP contribution in [0.3, 0.4) is 0 Å². The quantitative estimate of drug-likeness (QED) is 0.632. The molecule has 4 N–H and O–H groups in total. The number of nitrogens with two attached hydrogens (primary N) is 1. The molecule has 1 aliphatic carbocycles. The van der Waals surface area contributed by atoms with Gasteiger partial charge in [0.15, 0.2) is 0 Å². The number of hydrogen-bond acceptors (Lipinski definition) is 6. The van der Waals surface area contributed by atoms with Crippen LogP contribution in [0.1, 0.15) is 71.2 Å². The van der Waals surface area contributed by atoms with Gasteiger partial charge in [-0.25, -0.2) is 0 Å². The first kappa shape index (κ1) is 19.7. The summed E-state index contributed by atoms with van der Waals surface area (Å²) in [5.41, 5.74) is 7.76. The molecule has 154 valence electrons. The van der Waals surface area contributed by atoms with Crippen LogP contribution >= 0.6 is 0 Å². The minimum Gasteiger partial charge on any atom is -0.324 e. The Morgan fingerprint density at radius 2 is 1.79 bits per heavy atom. The number of hydrogen-bond donors (Lipinski definition) is 3. The number of nitrogens with one attached hydrogen (secondary N) is 2. The predicted molar refractivity (Wildman–Crippen MR) is 105 cm³/mol. The van der Waals surface area contributed by atoms with Crippen molar-refractivity contribution in [2.75, 3.05) is 6.54 Å². The third kappa shape index (κ3) is 3.82. The second kappa shape index (κ2) is 7.68. The van der Waals surface area contributed by atoms with E-state index in [1.807, 2.05) is 6.07 Å². The maximum Gasteiger partial charge on any atom is 0.262 e. The largest absolute Gasteiger partial charge is 0.324 e. The lowest BCUT2D eigenvalue weighted by Gasteiger charge is -2.33. The van der Waals surface area contributed by atoms with E-state index in [4.69, 9.17) is 5.73 Å². The molecular weight excluding hydrogens is 372 g/mol. The lowest BCUT2D eigenvalue weighted by Crippen LogP contribution is -2.54. The van der Waals surface area contributed by atoms with Crippen LogP contribution in [0.5, 0.6) is 0 Å². The molecule has 0 bridgehead atoms. The Hall–Kier alpha value is -2.58. The number of carbonyl (C=O) groups is 4. The van der Waals surface area contributed by atoms with Crippen molar-refractivity contribution in [1.29, 1.82) is 0 Å². The Labute approximate surface area is 169 Å². The number of rotatable bonds is 5. The fraction of sp³-hybridized carbons (Fsp3) is 0.524. The van der Waals surface area contributed by atoms with Gasteiger partial charge in [-0.3, -0.25) is 29.4 Å². The maximum atomic E-state index is 12.9. The molecule has 8 heteroatoms. The number of amides is 4. The van der Waals surface area contributed by atoms with E-state index in [2.05, 4.69) is 10.6 Å². The molecule has 3 aliphatic rings. The second-order valence-corrected chi connectivity index (χ2v) is 8.35. The van der Waals surface area contributed by atoms with Crippen LogP contribution in [0.2, 0.25) is 0 Å². The van der Waals surface area contributed by atoms with Crippen LogP contribution in [-0.4, -0.2) is 46.7 Å². The van der Waals surface area contributed by atoms with Crippen molar-refractivity contribution in [2.45, 2.75) is 63.1 Å². The smallest absolute Gasteiger partial charge is 0.262 e. The monoisotopic (exact) mass is 398 g/mol. The van der Waals surface area contributed by atoms with Crippen LogP contribution in [0, 0.1) is 0 Å². The summed E-state index contributed by atoms with van der Waals surface area (Å²) in [6, 6.07) is 4.22. The molecule has 0 spiro atoms. The van der Waals surface area contributed by atoms with E-state index in [1.165, 1.54) is 6.42 Å². The highest BCUT2D eigenvalue weighted by atomic mass is 16.2. The van der Waals surface area contributed by atoms with Crippen molar-refractivity contribution in [2.24, 2.45) is 5.73 Å². The average molecular weight is 398 g/mol. The van der Waals surface area contributed by atoms with E-state index in [-0.39, 0.29) is 24.3 Å². The van der Waals surface area contributed by atoms with E-state index in [9.17, 15) is 19.2 Å². The molecule has 2 fully saturated rings. The average Bonchev–Trinajstić information content (AvgIpc) is 2.93. The fourth-order valence-electron chi connectivity index (χ4n) is 4.52. The van der Waals surface area contributed by atoms with Gasteiger partial charge in [0.1, 0.15) is 6.04 Å². The van der Waals surface area contributed by atoms with Crippen LogP contribution in [0.25, 0.3) is 0 Å². The highest BCUT2D eigenvalue weighted by Crippen LogP contribution is 2.29. The molecule has 8 nitrogen and oxygen atoms in total. The van der Waals surface area contributed by atoms with Gasteiger partial charge in [0, 0.05) is 25.0 Å². The molecule has 0 aromatic heterocycles. The van der Waals surface area contributed by atoms with Gasteiger partial charge in [-0.05, 0) is 37.0 Å². The molecule has 4 rings (SSSR count). The number of nitrogens with zero attached hydrogens (tertiary/aromatic N) is 1. The first-order chi connectivity index (χ1) is 13.9. The zero-order valence-corrected chi connectivity index (χ0v) is 16.3. The first-order valence-corrected chi connectivity index (χ1v) is 10.2. The van der Waals surface area contributed by atoms with E-state index in [0.29, 0.717) is 24.2 Å². The lowest BCUT2D eigenvalue weighted by molar-refractivity contribution is -0.136. The number of carbonyl (C=O) groups excluding carboxylic acids is 4. The normalized spacial score (nSPS) is 23.9. The summed E-state index contributed by atoms with van der Waals surface area (Å²) in [6.45, 7) is 1.26. The van der Waals surface area contributed by atoms with Gasteiger partial charge in [-0.2, -0.15) is 0 Å². The van der Waals surface area contributed by atoms with Crippen molar-refractivity contribution in [3.05, 3.63) is 34.9 Å². The molecule has 1 aromatic rings. The molecule has 2 heterocycles. The molecule has 1 saturated heterocycles. The van der Waals surface area contributed by atoms with Gasteiger partial charge < -0.3 is 11.1 Å². The fourth-order valence-corrected chi connectivity index (χ4v) is 4.52. The minimum atomic E-state index is -0.940. The Bertz CT molecular complexity index is 875. The third-order valence-electron chi connectivity index (χ3n) is 6.16. The molecule has 1 saturated carbocycles. The number of fused-ring (bicyclic) bond motifs is 1. The van der Waals surface area contributed by atoms with Gasteiger partial charge in [-0.15, -0.1) is 0 Å². The Kier molecular flexibility index (Phi) is 5.23. The van der Waals surface area contributed by atoms with Gasteiger partial charge >= 0.3 is 0 Å². The molecule has 1 unspecified atom stereocenters. The Balaban J connectivity index is 1.44. The maximum absolute atomic E-state index is 12.9. The van der Waals surface area contributed by atoms with Crippen molar-refractivity contribution in [1.82, 2.24) is 15.5 Å². The summed E-state index contributed by atoms with van der Waals surface area (Å²) in [4.78, 5) is 50.0. The number of benzene rings is 1. The Morgan fingerprint density at radius 3 is 2.52 bits per heavy atom. The SMILES string of the molecule is NC1(CNCc2ccc3c(c2)C(=O)N(C2CCC(=O)NC2=O)C3=O)CCCCC1. The standard InChI is InChI=1S/C21H26N4O4/c22-21(8-2-1-3-9-21)12-23-11-13-4-5-14-15(10-13)20(29)25(19(14)28)16-6-7-17(26)24-18(16)27/h4-5,10,16,23H,1-3,6-9,11-12,22H2,(H,24,26,27). The van der Waals surface area contributed by atoms with Crippen LogP contribution in [0.15, 0.2) is 18.2 Å². The molecule has 0 radical (unpaired) electrons. The van der Waals surface area contributed by atoms with Crippen molar-refractivity contribution in [3.63, 3.8) is 0 Å². The summed E-state index contributed by atoms with van der Waals surface area (Å²) in [6.07, 6.45) is 5.84. The first-order valence-electron chi connectivity index (χ1n) is 10.2. The van der Waals surface area contributed by atoms with Gasteiger partial charge in [0.05, 0.1) is 11.1 Å². The van der Waals surface area contributed by atoms with Crippen molar-refractivity contribution < 1.29 is 19.2 Å².